The SMILES string of the molecule is CCOC(=O)c1nc(NC(=O)CSc2nc3c(cc2C#N)CC(c2ccccc2)CC3)sc1C. The van der Waals surface area contributed by atoms with Crippen LogP contribution in [-0.2, 0) is 22.4 Å². The Morgan fingerprint density at radius 3 is 2.82 bits per heavy atom. The van der Waals surface area contributed by atoms with E-state index in [1.165, 1.54) is 28.7 Å². The van der Waals surface area contributed by atoms with Crippen LogP contribution in [0.25, 0.3) is 0 Å². The highest BCUT2D eigenvalue weighted by molar-refractivity contribution is 8.00. The molecule has 2 aromatic heterocycles. The van der Waals surface area contributed by atoms with Crippen LogP contribution in [0.2, 0.25) is 0 Å². The van der Waals surface area contributed by atoms with E-state index in [4.69, 9.17) is 9.72 Å². The minimum Gasteiger partial charge on any atom is -0.461 e. The Balaban J connectivity index is 1.41. The zero-order valence-corrected chi connectivity index (χ0v) is 20.6. The third-order valence-corrected chi connectivity index (χ3v) is 7.47. The molecule has 0 radical (unpaired) electrons. The number of amides is 1. The fraction of sp³-hybridized carbons (Fsp3) is 0.320. The maximum absolute atomic E-state index is 12.5. The Kier molecular flexibility index (Phi) is 7.60. The van der Waals surface area contributed by atoms with Crippen LogP contribution in [0, 0.1) is 18.3 Å². The number of rotatable bonds is 7. The van der Waals surface area contributed by atoms with Crippen LogP contribution in [0.15, 0.2) is 41.4 Å². The van der Waals surface area contributed by atoms with Gasteiger partial charge in [0.15, 0.2) is 10.8 Å². The lowest BCUT2D eigenvalue weighted by Crippen LogP contribution is -2.16. The van der Waals surface area contributed by atoms with Gasteiger partial charge in [-0.25, -0.2) is 14.8 Å². The van der Waals surface area contributed by atoms with E-state index in [9.17, 15) is 14.9 Å². The molecule has 1 aliphatic rings. The van der Waals surface area contributed by atoms with Gasteiger partial charge in [-0.2, -0.15) is 5.26 Å². The lowest BCUT2D eigenvalue weighted by atomic mass is 9.82. The van der Waals surface area contributed by atoms with Crippen LogP contribution in [0.1, 0.15) is 57.0 Å². The molecule has 1 atom stereocenters. The van der Waals surface area contributed by atoms with Crippen molar-refractivity contribution >= 4 is 40.1 Å². The molecular weight excluding hydrogens is 468 g/mol. The molecule has 0 saturated heterocycles. The van der Waals surface area contributed by atoms with E-state index in [-0.39, 0.29) is 24.0 Å². The number of esters is 1. The van der Waals surface area contributed by atoms with Crippen molar-refractivity contribution in [3.8, 4) is 6.07 Å². The number of carbonyl (C=O) groups excluding carboxylic acids is 2. The summed E-state index contributed by atoms with van der Waals surface area (Å²) >= 11 is 2.46. The highest BCUT2D eigenvalue weighted by Gasteiger charge is 2.23. The number of thiazole rings is 1. The van der Waals surface area contributed by atoms with Gasteiger partial charge in [-0.1, -0.05) is 42.1 Å². The Hall–Kier alpha value is -3.22. The van der Waals surface area contributed by atoms with Gasteiger partial charge >= 0.3 is 5.97 Å². The Labute approximate surface area is 206 Å². The molecule has 7 nitrogen and oxygen atoms in total. The van der Waals surface area contributed by atoms with Gasteiger partial charge in [-0.3, -0.25) is 4.79 Å². The van der Waals surface area contributed by atoms with Gasteiger partial charge in [0, 0.05) is 10.6 Å². The van der Waals surface area contributed by atoms with Crippen molar-refractivity contribution in [3.63, 3.8) is 0 Å². The number of aromatic nitrogens is 2. The van der Waals surface area contributed by atoms with E-state index in [0.717, 1.165) is 30.5 Å². The van der Waals surface area contributed by atoms with Gasteiger partial charge in [-0.05, 0) is 56.2 Å². The highest BCUT2D eigenvalue weighted by atomic mass is 32.2. The number of aryl methyl sites for hydroxylation is 2. The van der Waals surface area contributed by atoms with E-state index < -0.39 is 5.97 Å². The van der Waals surface area contributed by atoms with Crippen molar-refractivity contribution in [1.82, 2.24) is 9.97 Å². The van der Waals surface area contributed by atoms with Gasteiger partial charge in [0.2, 0.25) is 5.91 Å². The number of nitrogens with one attached hydrogen (secondary N) is 1. The molecule has 1 amide bonds. The molecule has 1 aliphatic carbocycles. The lowest BCUT2D eigenvalue weighted by Gasteiger charge is -2.25. The van der Waals surface area contributed by atoms with Crippen molar-refractivity contribution in [2.75, 3.05) is 17.7 Å². The van der Waals surface area contributed by atoms with E-state index >= 15 is 0 Å². The molecule has 0 spiro atoms. The molecule has 0 fully saturated rings. The highest BCUT2D eigenvalue weighted by Crippen LogP contribution is 2.34. The van der Waals surface area contributed by atoms with Gasteiger partial charge in [0.05, 0.1) is 17.9 Å². The maximum Gasteiger partial charge on any atom is 0.358 e. The number of hydrogen-bond acceptors (Lipinski definition) is 8. The largest absolute Gasteiger partial charge is 0.461 e. The second kappa shape index (κ2) is 10.8. The number of hydrogen-bond donors (Lipinski definition) is 1. The topological polar surface area (TPSA) is 105 Å². The maximum atomic E-state index is 12.5. The van der Waals surface area contributed by atoms with Crippen molar-refractivity contribution < 1.29 is 14.3 Å². The first-order chi connectivity index (χ1) is 16.5. The molecule has 34 heavy (non-hydrogen) atoms. The van der Waals surface area contributed by atoms with Gasteiger partial charge in [0.1, 0.15) is 11.1 Å². The number of nitriles is 1. The van der Waals surface area contributed by atoms with Gasteiger partial charge < -0.3 is 10.1 Å². The smallest absolute Gasteiger partial charge is 0.358 e. The summed E-state index contributed by atoms with van der Waals surface area (Å²) in [6.07, 6.45) is 2.71. The summed E-state index contributed by atoms with van der Waals surface area (Å²) in [6.45, 7) is 3.74. The molecular formula is C25H24N4O3S2. The molecule has 1 N–H and O–H groups in total. The second-order valence-electron chi connectivity index (χ2n) is 7.89. The van der Waals surface area contributed by atoms with Crippen LogP contribution in [0.4, 0.5) is 5.13 Å². The van der Waals surface area contributed by atoms with Gasteiger partial charge in [-0.15, -0.1) is 11.3 Å². The molecule has 1 unspecified atom stereocenters. The molecule has 3 aromatic rings. The number of anilines is 1. The monoisotopic (exact) mass is 492 g/mol. The molecule has 0 saturated carbocycles. The van der Waals surface area contributed by atoms with E-state index in [1.807, 2.05) is 12.1 Å². The molecule has 174 valence electrons. The first kappa shape index (κ1) is 23.9. The Morgan fingerprint density at radius 1 is 1.29 bits per heavy atom. The number of fused-ring (bicyclic) bond motifs is 1. The number of benzene rings is 1. The number of ether oxygens (including phenoxy) is 1. The Bertz CT molecular complexity index is 1250. The standard InChI is InChI=1S/C25H24N4O3S2/c1-3-32-24(31)22-15(2)34-25(29-22)28-21(30)14-33-23-19(13-26)12-18-11-17(9-10-20(18)27-23)16-7-5-4-6-8-16/h4-8,12,17H,3,9-11,14H2,1-2H3,(H,28,29,30). The summed E-state index contributed by atoms with van der Waals surface area (Å²) in [4.78, 5) is 34.0. The number of carbonyl (C=O) groups is 2. The summed E-state index contributed by atoms with van der Waals surface area (Å²) in [5.41, 5.74) is 4.12. The van der Waals surface area contributed by atoms with Crippen molar-refractivity contribution in [3.05, 3.63) is 69.4 Å². The predicted octanol–water partition coefficient (Wildman–Crippen LogP) is 4.90. The van der Waals surface area contributed by atoms with Crippen molar-refractivity contribution in [1.29, 1.82) is 5.26 Å². The summed E-state index contributed by atoms with van der Waals surface area (Å²) < 4.78 is 4.98. The quantitative estimate of drug-likeness (QED) is 0.369. The van der Waals surface area contributed by atoms with Crippen LogP contribution >= 0.6 is 23.1 Å². The zero-order chi connectivity index (χ0) is 24.1. The number of nitrogens with zero attached hydrogens (tertiary/aromatic N) is 3. The third kappa shape index (κ3) is 5.46. The Morgan fingerprint density at radius 2 is 2.09 bits per heavy atom. The van der Waals surface area contributed by atoms with E-state index in [2.05, 4.69) is 40.6 Å². The van der Waals surface area contributed by atoms with Crippen molar-refractivity contribution in [2.45, 2.75) is 44.1 Å². The van der Waals surface area contributed by atoms with E-state index in [1.54, 1.807) is 13.8 Å². The van der Waals surface area contributed by atoms with E-state index in [0.29, 0.717) is 26.5 Å². The van der Waals surface area contributed by atoms with Crippen LogP contribution < -0.4 is 5.32 Å². The molecule has 4 rings (SSSR count). The van der Waals surface area contributed by atoms with Crippen molar-refractivity contribution in [2.24, 2.45) is 0 Å². The lowest BCUT2D eigenvalue weighted by molar-refractivity contribution is -0.113. The molecule has 2 heterocycles. The molecule has 0 aliphatic heterocycles. The minimum absolute atomic E-state index is 0.0838. The predicted molar refractivity (Wildman–Crippen MR) is 132 cm³/mol. The molecule has 0 bridgehead atoms. The summed E-state index contributed by atoms with van der Waals surface area (Å²) in [6, 6.07) is 14.6. The fourth-order valence-electron chi connectivity index (χ4n) is 3.97. The fourth-order valence-corrected chi connectivity index (χ4v) is 5.57. The minimum atomic E-state index is -0.502. The van der Waals surface area contributed by atoms with Gasteiger partial charge in [0.25, 0.3) is 0 Å². The molecule has 9 heteroatoms. The summed E-state index contributed by atoms with van der Waals surface area (Å²) in [5.74, 6) is -0.271. The molecule has 1 aromatic carbocycles. The zero-order valence-electron chi connectivity index (χ0n) is 19.0. The van der Waals surface area contributed by atoms with Crippen LogP contribution in [0.3, 0.4) is 0 Å². The number of pyridine rings is 1. The van der Waals surface area contributed by atoms with Crippen LogP contribution in [0.5, 0.6) is 0 Å². The third-order valence-electron chi connectivity index (χ3n) is 5.60. The summed E-state index contributed by atoms with van der Waals surface area (Å²) in [7, 11) is 0. The average Bonchev–Trinajstić information content (AvgIpc) is 3.22. The summed E-state index contributed by atoms with van der Waals surface area (Å²) in [5, 5.41) is 13.3. The first-order valence-electron chi connectivity index (χ1n) is 11.0. The normalized spacial score (nSPS) is 14.7. The first-order valence-corrected chi connectivity index (χ1v) is 12.8. The van der Waals surface area contributed by atoms with Crippen LogP contribution in [-0.4, -0.2) is 34.2 Å². The average molecular weight is 493 g/mol. The second-order valence-corrected chi connectivity index (χ2v) is 10.1. The number of thioether (sulfide) groups is 1.